The molecule has 5 heteroatoms. The lowest BCUT2D eigenvalue weighted by Gasteiger charge is -2.13. The minimum absolute atomic E-state index is 0.0179. The van der Waals surface area contributed by atoms with Crippen molar-refractivity contribution in [2.24, 2.45) is 5.73 Å². The van der Waals surface area contributed by atoms with Crippen LogP contribution >= 0.6 is 0 Å². The Balaban J connectivity index is 2.93. The largest absolute Gasteiger partial charge is 0.395 e. The van der Waals surface area contributed by atoms with E-state index in [-0.39, 0.29) is 25.0 Å². The first kappa shape index (κ1) is 16.7. The molecule has 0 fully saturated rings. The van der Waals surface area contributed by atoms with E-state index in [1.165, 1.54) is 0 Å². The smallest absolute Gasteiger partial charge is 0.252 e. The third-order valence-electron chi connectivity index (χ3n) is 2.76. The highest BCUT2D eigenvalue weighted by Gasteiger charge is 2.14. The van der Waals surface area contributed by atoms with Crippen LogP contribution < -0.4 is 11.1 Å². The number of carbonyl (C=O) groups is 2. The van der Waals surface area contributed by atoms with Gasteiger partial charge in [-0.3, -0.25) is 9.59 Å². The van der Waals surface area contributed by atoms with Crippen molar-refractivity contribution in [2.45, 2.75) is 32.7 Å². The molecule has 1 atom stereocenters. The highest BCUT2D eigenvalue weighted by atomic mass is 16.2. The van der Waals surface area contributed by atoms with Crippen LogP contribution in [0.1, 0.15) is 41.3 Å². The number of benzene rings is 1. The number of aliphatic hydroxyl groups is 1. The Hall–Kier alpha value is -2.32. The van der Waals surface area contributed by atoms with Gasteiger partial charge in [0.15, 0.2) is 0 Å². The first-order chi connectivity index (χ1) is 9.93. The van der Waals surface area contributed by atoms with E-state index in [0.717, 1.165) is 5.56 Å². The maximum atomic E-state index is 12.2. The van der Waals surface area contributed by atoms with Crippen molar-refractivity contribution in [3.63, 3.8) is 0 Å². The standard InChI is InChI=1S/C16H20N2O3/c1-11-6-7-14(13(9-11)5-3-4-8-19)16(21)18-12(2)10-15(17)20/h6-7,9,12,19H,4,8,10H2,1-2H3,(H2,17,20)(H,18,21). The third kappa shape index (κ3) is 5.67. The van der Waals surface area contributed by atoms with E-state index in [0.29, 0.717) is 17.5 Å². The number of hydrogen-bond donors (Lipinski definition) is 3. The van der Waals surface area contributed by atoms with Crippen LogP contribution in [0.2, 0.25) is 0 Å². The molecule has 1 rings (SSSR count). The van der Waals surface area contributed by atoms with Crippen molar-refractivity contribution in [1.82, 2.24) is 5.32 Å². The van der Waals surface area contributed by atoms with Crippen LogP contribution in [0.25, 0.3) is 0 Å². The Morgan fingerprint density at radius 2 is 2.14 bits per heavy atom. The Morgan fingerprint density at radius 3 is 2.76 bits per heavy atom. The molecule has 0 bridgehead atoms. The molecule has 0 spiro atoms. The van der Waals surface area contributed by atoms with Crippen LogP contribution in [0.5, 0.6) is 0 Å². The predicted molar refractivity (Wildman–Crippen MR) is 80.5 cm³/mol. The monoisotopic (exact) mass is 288 g/mol. The normalized spacial score (nSPS) is 11.2. The molecule has 0 aromatic heterocycles. The first-order valence-corrected chi connectivity index (χ1v) is 6.73. The van der Waals surface area contributed by atoms with Crippen molar-refractivity contribution in [3.8, 4) is 11.8 Å². The lowest BCUT2D eigenvalue weighted by atomic mass is 10.0. The van der Waals surface area contributed by atoms with Crippen LogP contribution in [0.15, 0.2) is 18.2 Å². The van der Waals surface area contributed by atoms with E-state index < -0.39 is 5.91 Å². The zero-order valence-corrected chi connectivity index (χ0v) is 12.3. The summed E-state index contributed by atoms with van der Waals surface area (Å²) in [4.78, 5) is 23.1. The molecule has 0 saturated heterocycles. The Labute approximate surface area is 124 Å². The average molecular weight is 288 g/mol. The number of rotatable bonds is 5. The van der Waals surface area contributed by atoms with E-state index in [9.17, 15) is 9.59 Å². The molecule has 0 aliphatic rings. The molecule has 0 radical (unpaired) electrons. The molecule has 1 aromatic rings. The SMILES string of the molecule is Cc1ccc(C(=O)NC(C)CC(N)=O)c(C#CCCO)c1. The zero-order valence-electron chi connectivity index (χ0n) is 12.3. The van der Waals surface area contributed by atoms with E-state index in [1.807, 2.05) is 19.1 Å². The number of nitrogens with two attached hydrogens (primary N) is 1. The van der Waals surface area contributed by atoms with Gasteiger partial charge in [-0.15, -0.1) is 0 Å². The highest BCUT2D eigenvalue weighted by molar-refractivity contribution is 5.97. The lowest BCUT2D eigenvalue weighted by Crippen LogP contribution is -2.36. The fourth-order valence-electron chi connectivity index (χ4n) is 1.83. The van der Waals surface area contributed by atoms with Gasteiger partial charge in [0.25, 0.3) is 5.91 Å². The minimum atomic E-state index is -0.463. The molecule has 0 heterocycles. The van der Waals surface area contributed by atoms with Gasteiger partial charge in [0, 0.05) is 24.4 Å². The van der Waals surface area contributed by atoms with Crippen LogP contribution in [0.4, 0.5) is 0 Å². The second kappa shape index (κ2) is 8.08. The summed E-state index contributed by atoms with van der Waals surface area (Å²) in [5.41, 5.74) is 7.14. The number of primary amides is 1. The summed E-state index contributed by atoms with van der Waals surface area (Å²) >= 11 is 0. The van der Waals surface area contributed by atoms with Crippen molar-refractivity contribution in [1.29, 1.82) is 0 Å². The fraction of sp³-hybridized carbons (Fsp3) is 0.375. The summed E-state index contributed by atoms with van der Waals surface area (Å²) in [6.45, 7) is 3.61. The van der Waals surface area contributed by atoms with E-state index in [4.69, 9.17) is 10.8 Å². The molecule has 5 nitrogen and oxygen atoms in total. The third-order valence-corrected chi connectivity index (χ3v) is 2.76. The number of aliphatic hydroxyl groups excluding tert-OH is 1. The quantitative estimate of drug-likeness (QED) is 0.697. The highest BCUT2D eigenvalue weighted by Crippen LogP contribution is 2.11. The minimum Gasteiger partial charge on any atom is -0.395 e. The summed E-state index contributed by atoms with van der Waals surface area (Å²) in [6, 6.07) is 5.00. The number of nitrogens with one attached hydrogen (secondary N) is 1. The first-order valence-electron chi connectivity index (χ1n) is 6.73. The summed E-state index contributed by atoms with van der Waals surface area (Å²) in [6.07, 6.45) is 0.441. The number of hydrogen-bond acceptors (Lipinski definition) is 3. The Kier molecular flexibility index (Phi) is 6.44. The molecule has 0 saturated carbocycles. The van der Waals surface area contributed by atoms with Gasteiger partial charge in [-0.1, -0.05) is 17.9 Å². The lowest BCUT2D eigenvalue weighted by molar-refractivity contribution is -0.118. The molecule has 1 unspecified atom stereocenters. The number of amides is 2. The average Bonchev–Trinajstić information content (AvgIpc) is 2.37. The molecular weight excluding hydrogens is 268 g/mol. The number of carbonyl (C=O) groups excluding carboxylic acids is 2. The summed E-state index contributed by atoms with van der Waals surface area (Å²) < 4.78 is 0. The molecular formula is C16H20N2O3. The van der Waals surface area contributed by atoms with Crippen LogP contribution in [0.3, 0.4) is 0 Å². The summed E-state index contributed by atoms with van der Waals surface area (Å²) in [5, 5.41) is 11.5. The maximum Gasteiger partial charge on any atom is 0.252 e. The van der Waals surface area contributed by atoms with Crippen molar-refractivity contribution < 1.29 is 14.7 Å². The van der Waals surface area contributed by atoms with Gasteiger partial charge in [0.2, 0.25) is 5.91 Å². The van der Waals surface area contributed by atoms with Gasteiger partial charge < -0.3 is 16.2 Å². The summed E-state index contributed by atoms with van der Waals surface area (Å²) in [7, 11) is 0. The Morgan fingerprint density at radius 1 is 1.43 bits per heavy atom. The maximum absolute atomic E-state index is 12.2. The second-order valence-electron chi connectivity index (χ2n) is 4.87. The van der Waals surface area contributed by atoms with Crippen LogP contribution in [-0.4, -0.2) is 29.6 Å². The van der Waals surface area contributed by atoms with Crippen molar-refractivity contribution >= 4 is 11.8 Å². The van der Waals surface area contributed by atoms with Gasteiger partial charge in [0.1, 0.15) is 0 Å². The van der Waals surface area contributed by atoms with Gasteiger partial charge in [-0.2, -0.15) is 0 Å². The molecule has 2 amide bonds. The van der Waals surface area contributed by atoms with E-state index in [1.54, 1.807) is 13.0 Å². The van der Waals surface area contributed by atoms with E-state index >= 15 is 0 Å². The van der Waals surface area contributed by atoms with Crippen molar-refractivity contribution in [3.05, 3.63) is 34.9 Å². The van der Waals surface area contributed by atoms with Gasteiger partial charge in [-0.25, -0.2) is 0 Å². The van der Waals surface area contributed by atoms with Gasteiger partial charge >= 0.3 is 0 Å². The summed E-state index contributed by atoms with van der Waals surface area (Å²) in [5.74, 6) is 4.94. The van der Waals surface area contributed by atoms with Gasteiger partial charge in [-0.05, 0) is 31.5 Å². The second-order valence-corrected chi connectivity index (χ2v) is 4.87. The van der Waals surface area contributed by atoms with Crippen molar-refractivity contribution in [2.75, 3.05) is 6.61 Å². The molecule has 0 aliphatic heterocycles. The molecule has 1 aromatic carbocycles. The molecule has 0 aliphatic carbocycles. The Bertz CT molecular complexity index is 585. The predicted octanol–water partition coefficient (Wildman–Crippen LogP) is 0.723. The topological polar surface area (TPSA) is 92.4 Å². The fourth-order valence-corrected chi connectivity index (χ4v) is 1.83. The molecule has 21 heavy (non-hydrogen) atoms. The zero-order chi connectivity index (χ0) is 15.8. The number of aryl methyl sites for hydroxylation is 1. The molecule has 112 valence electrons. The van der Waals surface area contributed by atoms with Crippen LogP contribution in [-0.2, 0) is 4.79 Å². The van der Waals surface area contributed by atoms with Crippen LogP contribution in [0, 0.1) is 18.8 Å². The van der Waals surface area contributed by atoms with E-state index in [2.05, 4.69) is 17.2 Å². The van der Waals surface area contributed by atoms with Gasteiger partial charge in [0.05, 0.1) is 12.2 Å². The molecule has 4 N–H and O–H groups in total.